The van der Waals surface area contributed by atoms with Crippen molar-refractivity contribution in [3.05, 3.63) is 41.0 Å². The summed E-state index contributed by atoms with van der Waals surface area (Å²) in [5.74, 6) is 0. The highest BCUT2D eigenvalue weighted by Gasteiger charge is 2.45. The number of rotatable bonds is 0. The summed E-state index contributed by atoms with van der Waals surface area (Å²) in [5, 5.41) is 0. The Balaban J connectivity index is 2.21. The average Bonchev–Trinajstić information content (AvgIpc) is 2.54. The highest BCUT2D eigenvalue weighted by atomic mass is 14.5. The van der Waals surface area contributed by atoms with Gasteiger partial charge >= 0.3 is 0 Å². The van der Waals surface area contributed by atoms with Crippen molar-refractivity contribution in [2.45, 2.75) is 45.4 Å². The van der Waals surface area contributed by atoms with E-state index in [0.29, 0.717) is 10.8 Å². The molecule has 84 valence electrons. The predicted octanol–water partition coefficient (Wildman–Crippen LogP) is 4.55. The molecule has 1 unspecified atom stereocenters. The van der Waals surface area contributed by atoms with E-state index >= 15 is 0 Å². The maximum absolute atomic E-state index is 2.45. The fourth-order valence-corrected chi connectivity index (χ4v) is 3.82. The van der Waals surface area contributed by atoms with Gasteiger partial charge in [-0.3, -0.25) is 0 Å². The Labute approximate surface area is 98.4 Å². The van der Waals surface area contributed by atoms with E-state index in [1.54, 1.807) is 11.1 Å². The highest BCUT2D eigenvalue weighted by molar-refractivity contribution is 5.70. The van der Waals surface area contributed by atoms with E-state index < -0.39 is 0 Å². The molecule has 0 spiro atoms. The van der Waals surface area contributed by atoms with Gasteiger partial charge in [-0.15, -0.1) is 0 Å². The van der Waals surface area contributed by atoms with Crippen molar-refractivity contribution in [2.75, 3.05) is 0 Å². The maximum Gasteiger partial charge on any atom is 0.0148 e. The van der Waals surface area contributed by atoms with Crippen molar-refractivity contribution in [2.24, 2.45) is 5.41 Å². The van der Waals surface area contributed by atoms with Crippen molar-refractivity contribution in [1.29, 1.82) is 0 Å². The topological polar surface area (TPSA) is 0 Å². The molecule has 1 aromatic rings. The van der Waals surface area contributed by atoms with Crippen molar-refractivity contribution in [3.8, 4) is 0 Å². The van der Waals surface area contributed by atoms with Crippen molar-refractivity contribution >= 4 is 6.08 Å². The molecular formula is C16H20. The van der Waals surface area contributed by atoms with E-state index in [-0.39, 0.29) is 0 Å². The van der Waals surface area contributed by atoms with Crippen LogP contribution < -0.4 is 0 Å². The van der Waals surface area contributed by atoms with Gasteiger partial charge in [-0.1, -0.05) is 63.1 Å². The third-order valence-electron chi connectivity index (χ3n) is 4.66. The summed E-state index contributed by atoms with van der Waals surface area (Å²) < 4.78 is 0. The van der Waals surface area contributed by atoms with E-state index in [1.165, 1.54) is 24.8 Å². The molecule has 2 aliphatic rings. The molecule has 0 nitrogen and oxygen atoms in total. The van der Waals surface area contributed by atoms with Crippen molar-refractivity contribution in [1.82, 2.24) is 0 Å². The molecule has 0 saturated heterocycles. The van der Waals surface area contributed by atoms with Crippen LogP contribution in [0.2, 0.25) is 0 Å². The standard InChI is InChI=1S/C16H20/c1-15(2)9-6-10-16(3)13-8-5-4-7-12(13)11-14(15)16/h4-5,7-8,11H,6,9-10H2,1-3H3. The summed E-state index contributed by atoms with van der Waals surface area (Å²) in [4.78, 5) is 0. The highest BCUT2D eigenvalue weighted by Crippen LogP contribution is 2.56. The number of hydrogen-bond donors (Lipinski definition) is 0. The van der Waals surface area contributed by atoms with Gasteiger partial charge in [-0.2, -0.15) is 0 Å². The molecule has 3 rings (SSSR count). The molecule has 0 bridgehead atoms. The van der Waals surface area contributed by atoms with E-state index in [9.17, 15) is 0 Å². The second-order valence-corrected chi connectivity index (χ2v) is 6.21. The second kappa shape index (κ2) is 3.00. The quantitative estimate of drug-likeness (QED) is 0.591. The minimum absolute atomic E-state index is 0.318. The van der Waals surface area contributed by atoms with Crippen molar-refractivity contribution < 1.29 is 0 Å². The molecule has 1 aromatic carbocycles. The normalized spacial score (nSPS) is 30.6. The second-order valence-electron chi connectivity index (χ2n) is 6.21. The fraction of sp³-hybridized carbons (Fsp3) is 0.500. The zero-order valence-electron chi connectivity index (χ0n) is 10.5. The molecule has 0 aromatic heterocycles. The van der Waals surface area contributed by atoms with Gasteiger partial charge in [0.25, 0.3) is 0 Å². The number of allylic oxidation sites excluding steroid dienone is 1. The van der Waals surface area contributed by atoms with Crippen LogP contribution in [0.3, 0.4) is 0 Å². The van der Waals surface area contributed by atoms with Gasteiger partial charge in [0, 0.05) is 5.41 Å². The number of hydrogen-bond acceptors (Lipinski definition) is 0. The smallest absolute Gasteiger partial charge is 0.0148 e. The minimum Gasteiger partial charge on any atom is -0.0619 e. The summed E-state index contributed by atoms with van der Waals surface area (Å²) in [7, 11) is 0. The van der Waals surface area contributed by atoms with E-state index in [2.05, 4.69) is 51.1 Å². The molecule has 0 heteroatoms. The zero-order valence-corrected chi connectivity index (χ0v) is 10.5. The third kappa shape index (κ3) is 1.16. The van der Waals surface area contributed by atoms with Gasteiger partial charge < -0.3 is 0 Å². The lowest BCUT2D eigenvalue weighted by molar-refractivity contribution is 0.266. The van der Waals surface area contributed by atoms with Gasteiger partial charge in [0.05, 0.1) is 0 Å². The van der Waals surface area contributed by atoms with Crippen LogP contribution in [0.15, 0.2) is 29.8 Å². The number of fused-ring (bicyclic) bond motifs is 3. The Morgan fingerprint density at radius 3 is 2.56 bits per heavy atom. The van der Waals surface area contributed by atoms with Crippen LogP contribution in [0.5, 0.6) is 0 Å². The summed E-state index contributed by atoms with van der Waals surface area (Å²) in [5.41, 5.74) is 5.37. The van der Waals surface area contributed by atoms with Crippen LogP contribution in [-0.4, -0.2) is 0 Å². The molecule has 16 heavy (non-hydrogen) atoms. The Bertz CT molecular complexity index is 465. The first-order valence-electron chi connectivity index (χ1n) is 6.36. The van der Waals surface area contributed by atoms with Crippen LogP contribution in [0.4, 0.5) is 0 Å². The summed E-state index contributed by atoms with van der Waals surface area (Å²) in [6.07, 6.45) is 6.46. The van der Waals surface area contributed by atoms with Crippen LogP contribution in [0.1, 0.15) is 51.2 Å². The lowest BCUT2D eigenvalue weighted by Crippen LogP contribution is -2.35. The lowest BCUT2D eigenvalue weighted by atomic mass is 9.60. The molecule has 2 aliphatic carbocycles. The Hall–Kier alpha value is -1.04. The molecule has 0 amide bonds. The number of benzene rings is 1. The Kier molecular flexibility index (Phi) is 1.90. The molecule has 1 saturated carbocycles. The molecular weight excluding hydrogens is 192 g/mol. The van der Waals surface area contributed by atoms with Crippen LogP contribution in [0.25, 0.3) is 6.08 Å². The third-order valence-corrected chi connectivity index (χ3v) is 4.66. The van der Waals surface area contributed by atoms with Gasteiger partial charge in [0.2, 0.25) is 0 Å². The largest absolute Gasteiger partial charge is 0.0619 e. The Morgan fingerprint density at radius 1 is 1.00 bits per heavy atom. The molecule has 1 atom stereocenters. The molecule has 0 N–H and O–H groups in total. The van der Waals surface area contributed by atoms with Crippen LogP contribution in [-0.2, 0) is 5.41 Å². The fourth-order valence-electron chi connectivity index (χ4n) is 3.82. The molecule has 1 fully saturated rings. The van der Waals surface area contributed by atoms with E-state index in [0.717, 1.165) is 0 Å². The van der Waals surface area contributed by atoms with Gasteiger partial charge in [-0.25, -0.2) is 0 Å². The SMILES string of the molecule is CC1(C)CCCC2(C)C1=Cc1ccccc12. The average molecular weight is 212 g/mol. The summed E-state index contributed by atoms with van der Waals surface area (Å²) in [6, 6.07) is 8.92. The van der Waals surface area contributed by atoms with Crippen LogP contribution >= 0.6 is 0 Å². The molecule has 0 radical (unpaired) electrons. The van der Waals surface area contributed by atoms with Gasteiger partial charge in [-0.05, 0) is 29.4 Å². The summed E-state index contributed by atoms with van der Waals surface area (Å²) in [6.45, 7) is 7.25. The van der Waals surface area contributed by atoms with Crippen LogP contribution in [0, 0.1) is 5.41 Å². The van der Waals surface area contributed by atoms with Crippen molar-refractivity contribution in [3.63, 3.8) is 0 Å². The molecule has 0 aliphatic heterocycles. The van der Waals surface area contributed by atoms with E-state index in [1.807, 2.05) is 0 Å². The first-order chi connectivity index (χ1) is 7.54. The molecule has 0 heterocycles. The first-order valence-corrected chi connectivity index (χ1v) is 6.36. The lowest BCUT2D eigenvalue weighted by Gasteiger charge is -2.44. The Morgan fingerprint density at radius 2 is 1.75 bits per heavy atom. The van der Waals surface area contributed by atoms with E-state index in [4.69, 9.17) is 0 Å². The van der Waals surface area contributed by atoms with Gasteiger partial charge in [0.15, 0.2) is 0 Å². The summed E-state index contributed by atoms with van der Waals surface area (Å²) >= 11 is 0. The monoisotopic (exact) mass is 212 g/mol. The minimum atomic E-state index is 0.318. The zero-order chi connectivity index (χ0) is 11.4. The van der Waals surface area contributed by atoms with Gasteiger partial charge in [0.1, 0.15) is 0 Å². The maximum atomic E-state index is 2.45. The predicted molar refractivity (Wildman–Crippen MR) is 69.4 cm³/mol. The first kappa shape index (κ1) is 10.1.